The topological polar surface area (TPSA) is 56.0 Å². The summed E-state index contributed by atoms with van der Waals surface area (Å²) in [4.78, 5) is 14.2. The van der Waals surface area contributed by atoms with E-state index in [0.29, 0.717) is 17.4 Å². The molecule has 0 aromatic carbocycles. The van der Waals surface area contributed by atoms with Crippen molar-refractivity contribution in [1.29, 1.82) is 0 Å². The first-order chi connectivity index (χ1) is 5.90. The largest absolute Gasteiger partial charge is 0.338 e. The maximum absolute atomic E-state index is 10.2. The number of rotatable bonds is 2. The summed E-state index contributed by atoms with van der Waals surface area (Å²) in [5, 5.41) is 3.82. The molecule has 1 atom stereocenters. The highest BCUT2D eigenvalue weighted by molar-refractivity contribution is 7.99. The Morgan fingerprint density at radius 1 is 1.67 bits per heavy atom. The summed E-state index contributed by atoms with van der Waals surface area (Å²) in [5.74, 6) is 1.89. The highest BCUT2D eigenvalue weighted by Crippen LogP contribution is 2.38. The monoisotopic (exact) mass is 184 g/mol. The van der Waals surface area contributed by atoms with E-state index < -0.39 is 0 Å². The first-order valence-corrected chi connectivity index (χ1v) is 4.85. The van der Waals surface area contributed by atoms with Crippen LogP contribution in [0.3, 0.4) is 0 Å². The van der Waals surface area contributed by atoms with Crippen LogP contribution in [0.25, 0.3) is 0 Å². The van der Waals surface area contributed by atoms with E-state index in [1.165, 1.54) is 6.42 Å². The maximum atomic E-state index is 10.2. The predicted octanol–water partition coefficient (Wildman–Crippen LogP) is 1.45. The van der Waals surface area contributed by atoms with Crippen molar-refractivity contribution in [2.24, 2.45) is 0 Å². The van der Waals surface area contributed by atoms with Gasteiger partial charge in [-0.3, -0.25) is 4.79 Å². The second kappa shape index (κ2) is 3.26. The van der Waals surface area contributed by atoms with Gasteiger partial charge in [-0.15, -0.1) is 11.8 Å². The Kier molecular flexibility index (Phi) is 2.12. The number of carbonyl (C=O) groups is 1. The van der Waals surface area contributed by atoms with Gasteiger partial charge in [0, 0.05) is 0 Å². The smallest absolute Gasteiger partial charge is 0.240 e. The first kappa shape index (κ1) is 7.79. The zero-order valence-electron chi connectivity index (χ0n) is 6.40. The van der Waals surface area contributed by atoms with Crippen LogP contribution in [-0.4, -0.2) is 22.2 Å². The van der Waals surface area contributed by atoms with Crippen LogP contribution < -0.4 is 0 Å². The number of nitrogens with zero attached hydrogens (tertiary/aromatic N) is 2. The number of hydrogen-bond acceptors (Lipinski definition) is 5. The molecule has 0 saturated carbocycles. The molecule has 2 heterocycles. The minimum absolute atomic E-state index is 0.150. The average molecular weight is 184 g/mol. The van der Waals surface area contributed by atoms with Crippen LogP contribution in [0.2, 0.25) is 0 Å². The van der Waals surface area contributed by atoms with E-state index in [-0.39, 0.29) is 5.82 Å². The molecule has 0 amide bonds. The van der Waals surface area contributed by atoms with Gasteiger partial charge in [-0.1, -0.05) is 5.16 Å². The summed E-state index contributed by atoms with van der Waals surface area (Å²) in [6, 6.07) is 0. The number of thioether (sulfide) groups is 1. The molecule has 1 fully saturated rings. The third-order valence-electron chi connectivity index (χ3n) is 1.77. The van der Waals surface area contributed by atoms with Crippen LogP contribution in [0.1, 0.15) is 34.6 Å². The molecule has 5 heteroatoms. The minimum Gasteiger partial charge on any atom is -0.338 e. The zero-order valence-corrected chi connectivity index (χ0v) is 7.21. The summed E-state index contributed by atoms with van der Waals surface area (Å²) in [7, 11) is 0. The van der Waals surface area contributed by atoms with E-state index in [1.54, 1.807) is 0 Å². The third-order valence-corrected chi connectivity index (χ3v) is 3.13. The first-order valence-electron chi connectivity index (χ1n) is 3.80. The number of hydrogen-bond donors (Lipinski definition) is 0. The standard InChI is InChI=1S/C7H8N2O2S/c10-4-6-8-7(11-9-6)5-2-1-3-12-5/h4-5H,1-3H2. The Balaban J connectivity index is 2.16. The van der Waals surface area contributed by atoms with Crippen molar-refractivity contribution in [3.8, 4) is 0 Å². The quantitative estimate of drug-likeness (QED) is 0.651. The molecular weight excluding hydrogens is 176 g/mol. The SMILES string of the molecule is O=Cc1noc(C2CCCS2)n1. The van der Waals surface area contributed by atoms with E-state index >= 15 is 0 Å². The highest BCUT2D eigenvalue weighted by Gasteiger charge is 2.23. The van der Waals surface area contributed by atoms with Gasteiger partial charge in [0.2, 0.25) is 11.7 Å². The molecule has 0 radical (unpaired) electrons. The number of carbonyl (C=O) groups excluding carboxylic acids is 1. The maximum Gasteiger partial charge on any atom is 0.240 e. The summed E-state index contributed by atoms with van der Waals surface area (Å²) in [6.45, 7) is 0. The Labute approximate surface area is 73.7 Å². The third kappa shape index (κ3) is 1.36. The molecule has 1 unspecified atom stereocenters. The Hall–Kier alpha value is -0.840. The van der Waals surface area contributed by atoms with E-state index in [2.05, 4.69) is 10.1 Å². The van der Waals surface area contributed by atoms with Crippen LogP contribution in [0.5, 0.6) is 0 Å². The van der Waals surface area contributed by atoms with Gasteiger partial charge >= 0.3 is 0 Å². The molecule has 1 aromatic heterocycles. The second-order valence-electron chi connectivity index (χ2n) is 2.61. The summed E-state index contributed by atoms with van der Waals surface area (Å²) < 4.78 is 4.93. The lowest BCUT2D eigenvalue weighted by Crippen LogP contribution is -1.89. The molecule has 4 nitrogen and oxygen atoms in total. The van der Waals surface area contributed by atoms with Crippen molar-refractivity contribution < 1.29 is 9.32 Å². The fourth-order valence-corrected chi connectivity index (χ4v) is 2.39. The summed E-state index contributed by atoms with van der Waals surface area (Å²) in [5.41, 5.74) is 0. The molecule has 2 rings (SSSR count). The van der Waals surface area contributed by atoms with E-state index in [9.17, 15) is 4.79 Å². The van der Waals surface area contributed by atoms with Crippen molar-refractivity contribution in [1.82, 2.24) is 10.1 Å². The van der Waals surface area contributed by atoms with Gasteiger partial charge in [-0.05, 0) is 18.6 Å². The van der Waals surface area contributed by atoms with Gasteiger partial charge in [-0.25, -0.2) is 0 Å². The fraction of sp³-hybridized carbons (Fsp3) is 0.571. The van der Waals surface area contributed by atoms with E-state index in [4.69, 9.17) is 4.52 Å². The van der Waals surface area contributed by atoms with Crippen LogP contribution in [0, 0.1) is 0 Å². The van der Waals surface area contributed by atoms with Gasteiger partial charge < -0.3 is 4.52 Å². The van der Waals surface area contributed by atoms with Gasteiger partial charge in [0.15, 0.2) is 6.29 Å². The molecule has 0 aliphatic carbocycles. The molecule has 0 spiro atoms. The molecule has 1 aromatic rings. The van der Waals surface area contributed by atoms with Crippen molar-refractivity contribution in [3.05, 3.63) is 11.7 Å². The Morgan fingerprint density at radius 3 is 3.17 bits per heavy atom. The summed E-state index contributed by atoms with van der Waals surface area (Å²) in [6.07, 6.45) is 2.87. The lowest BCUT2D eigenvalue weighted by molar-refractivity contribution is 0.111. The molecule has 0 bridgehead atoms. The molecule has 64 valence electrons. The summed E-state index contributed by atoms with van der Waals surface area (Å²) >= 11 is 1.81. The van der Waals surface area contributed by atoms with Crippen LogP contribution in [0.15, 0.2) is 4.52 Å². The van der Waals surface area contributed by atoms with Crippen molar-refractivity contribution >= 4 is 18.0 Å². The molecule has 12 heavy (non-hydrogen) atoms. The van der Waals surface area contributed by atoms with Crippen LogP contribution >= 0.6 is 11.8 Å². The highest BCUT2D eigenvalue weighted by atomic mass is 32.2. The van der Waals surface area contributed by atoms with Gasteiger partial charge in [0.1, 0.15) is 0 Å². The van der Waals surface area contributed by atoms with E-state index in [0.717, 1.165) is 12.2 Å². The zero-order chi connectivity index (χ0) is 8.39. The van der Waals surface area contributed by atoms with E-state index in [1.807, 2.05) is 11.8 Å². The molecular formula is C7H8N2O2S. The lowest BCUT2D eigenvalue weighted by atomic mass is 10.2. The molecule has 1 aliphatic rings. The normalized spacial score (nSPS) is 22.8. The second-order valence-corrected chi connectivity index (χ2v) is 3.92. The van der Waals surface area contributed by atoms with Crippen molar-refractivity contribution in [3.63, 3.8) is 0 Å². The van der Waals surface area contributed by atoms with Crippen LogP contribution in [0.4, 0.5) is 0 Å². The van der Waals surface area contributed by atoms with Crippen molar-refractivity contribution in [2.75, 3.05) is 5.75 Å². The van der Waals surface area contributed by atoms with Gasteiger partial charge in [0.05, 0.1) is 5.25 Å². The van der Waals surface area contributed by atoms with Crippen molar-refractivity contribution in [2.45, 2.75) is 18.1 Å². The lowest BCUT2D eigenvalue weighted by Gasteiger charge is -1.98. The molecule has 0 N–H and O–H groups in total. The average Bonchev–Trinajstić information content (AvgIpc) is 2.75. The van der Waals surface area contributed by atoms with Crippen LogP contribution in [-0.2, 0) is 0 Å². The Bertz CT molecular complexity index is 281. The number of aldehydes is 1. The molecule has 1 saturated heterocycles. The minimum atomic E-state index is 0.150. The molecule has 1 aliphatic heterocycles. The van der Waals surface area contributed by atoms with Gasteiger partial charge in [0.25, 0.3) is 0 Å². The Morgan fingerprint density at radius 2 is 2.58 bits per heavy atom. The fourth-order valence-electron chi connectivity index (χ4n) is 1.20. The van der Waals surface area contributed by atoms with Gasteiger partial charge in [-0.2, -0.15) is 4.98 Å². The predicted molar refractivity (Wildman–Crippen MR) is 44.1 cm³/mol. The number of aromatic nitrogens is 2.